The summed E-state index contributed by atoms with van der Waals surface area (Å²) < 4.78 is 8.32. The molecule has 0 atom stereocenters. The van der Waals surface area contributed by atoms with Crippen LogP contribution < -0.4 is 4.74 Å². The molecule has 6 heteroatoms. The van der Waals surface area contributed by atoms with E-state index in [0.717, 1.165) is 38.9 Å². The van der Waals surface area contributed by atoms with Gasteiger partial charge in [0.05, 0.1) is 11.6 Å². The standard InChI is InChI=1S/C33H24N4O.Pt/c1-33(2,3)24-14-16-36-32(19-24)37-30-13-10-22(21-34)17-28(30)27-12-11-26(20-31(27)37)38-25-8-6-7-23(18-25)29-9-4-5-15-35-29;/h4-17,19H,1-3H3;/q-2;+2. The van der Waals surface area contributed by atoms with Crippen LogP contribution in [-0.4, -0.2) is 14.5 Å². The van der Waals surface area contributed by atoms with Gasteiger partial charge in [-0.3, -0.25) is 0 Å². The summed E-state index contributed by atoms with van der Waals surface area (Å²) in [5, 5.41) is 11.5. The smallest absolute Gasteiger partial charge is 0.503 e. The van der Waals surface area contributed by atoms with Gasteiger partial charge in [-0.1, -0.05) is 44.5 Å². The predicted octanol–water partition coefficient (Wildman–Crippen LogP) is 7.80. The van der Waals surface area contributed by atoms with Crippen molar-refractivity contribution in [3.05, 3.63) is 115 Å². The van der Waals surface area contributed by atoms with Gasteiger partial charge in [0, 0.05) is 29.4 Å². The zero-order chi connectivity index (χ0) is 26.3. The molecular weight excluding hydrogens is 663 g/mol. The Bertz CT molecular complexity index is 1850. The third-order valence-electron chi connectivity index (χ3n) is 6.55. The maximum atomic E-state index is 9.53. The summed E-state index contributed by atoms with van der Waals surface area (Å²) in [5.74, 6) is 1.92. The summed E-state index contributed by atoms with van der Waals surface area (Å²) in [5.41, 5.74) is 5.22. The maximum absolute atomic E-state index is 9.53. The molecule has 0 unspecified atom stereocenters. The Morgan fingerprint density at radius 1 is 0.821 bits per heavy atom. The van der Waals surface area contributed by atoms with Gasteiger partial charge in [-0.2, -0.15) is 11.3 Å². The first-order valence-electron chi connectivity index (χ1n) is 12.4. The van der Waals surface area contributed by atoms with Crippen molar-refractivity contribution in [3.63, 3.8) is 0 Å². The van der Waals surface area contributed by atoms with Gasteiger partial charge < -0.3 is 14.3 Å². The molecule has 0 fully saturated rings. The normalized spacial score (nSPS) is 11.2. The van der Waals surface area contributed by atoms with Gasteiger partial charge in [0.1, 0.15) is 5.82 Å². The molecule has 3 aromatic heterocycles. The second-order valence-electron chi connectivity index (χ2n) is 10.2. The Kier molecular flexibility index (Phi) is 7.08. The van der Waals surface area contributed by atoms with E-state index >= 15 is 0 Å². The first-order chi connectivity index (χ1) is 18.4. The molecule has 0 spiro atoms. The molecule has 0 aliphatic heterocycles. The zero-order valence-electron chi connectivity index (χ0n) is 21.7. The fourth-order valence-corrected chi connectivity index (χ4v) is 4.60. The predicted molar refractivity (Wildman–Crippen MR) is 149 cm³/mol. The van der Waals surface area contributed by atoms with Gasteiger partial charge in [0.2, 0.25) is 0 Å². The minimum absolute atomic E-state index is 0. The number of hydrogen-bond acceptors (Lipinski definition) is 4. The SMILES string of the molecule is CC(C)(C)c1ccnc(-n2c3[c-]c(Oc4[c-]c(-c5ccccn5)ccc4)ccc3c3cc(C#N)ccc32)c1.[Pt+2]. The van der Waals surface area contributed by atoms with Crippen LogP contribution in [0.1, 0.15) is 31.9 Å². The molecule has 0 N–H and O–H groups in total. The van der Waals surface area contributed by atoms with E-state index in [9.17, 15) is 5.26 Å². The average molecular weight is 688 g/mol. The Morgan fingerprint density at radius 2 is 1.67 bits per heavy atom. The molecule has 3 heterocycles. The minimum atomic E-state index is -0.0309. The first-order valence-corrected chi connectivity index (χ1v) is 12.4. The number of pyridine rings is 2. The summed E-state index contributed by atoms with van der Waals surface area (Å²) >= 11 is 0. The third-order valence-corrected chi connectivity index (χ3v) is 6.55. The van der Waals surface area contributed by atoms with Crippen molar-refractivity contribution in [2.24, 2.45) is 0 Å². The Hall–Kier alpha value is -4.26. The van der Waals surface area contributed by atoms with Crippen LogP contribution in [-0.2, 0) is 26.5 Å². The van der Waals surface area contributed by atoms with Crippen molar-refractivity contribution in [1.82, 2.24) is 14.5 Å². The van der Waals surface area contributed by atoms with Gasteiger partial charge in [-0.15, -0.1) is 41.3 Å². The minimum Gasteiger partial charge on any atom is -0.503 e. The number of benzene rings is 3. The van der Waals surface area contributed by atoms with Crippen LogP contribution in [0.5, 0.6) is 11.5 Å². The van der Waals surface area contributed by atoms with Crippen LogP contribution in [0, 0.1) is 23.5 Å². The van der Waals surface area contributed by atoms with Gasteiger partial charge in [-0.25, -0.2) is 4.98 Å². The zero-order valence-corrected chi connectivity index (χ0v) is 23.9. The molecule has 6 aromatic rings. The fourth-order valence-electron chi connectivity index (χ4n) is 4.60. The van der Waals surface area contributed by atoms with E-state index < -0.39 is 0 Å². The number of nitriles is 1. The van der Waals surface area contributed by atoms with Crippen molar-refractivity contribution in [2.75, 3.05) is 0 Å². The van der Waals surface area contributed by atoms with E-state index in [1.54, 1.807) is 6.20 Å². The molecule has 192 valence electrons. The van der Waals surface area contributed by atoms with Crippen LogP contribution in [0.15, 0.2) is 91.3 Å². The van der Waals surface area contributed by atoms with Crippen molar-refractivity contribution < 1.29 is 25.8 Å². The summed E-state index contributed by atoms with van der Waals surface area (Å²) in [7, 11) is 0. The maximum Gasteiger partial charge on any atom is 2.00 e. The molecule has 0 saturated carbocycles. The van der Waals surface area contributed by atoms with Gasteiger partial charge in [-0.05, 0) is 58.5 Å². The number of rotatable bonds is 4. The number of nitrogens with zero attached hydrogens (tertiary/aromatic N) is 4. The molecule has 0 radical (unpaired) electrons. The van der Waals surface area contributed by atoms with Gasteiger partial charge >= 0.3 is 21.1 Å². The number of fused-ring (bicyclic) bond motifs is 3. The average Bonchev–Trinajstić information content (AvgIpc) is 3.26. The van der Waals surface area contributed by atoms with Crippen molar-refractivity contribution in [2.45, 2.75) is 26.2 Å². The molecule has 6 rings (SSSR count). The second kappa shape index (κ2) is 10.5. The Labute approximate surface area is 242 Å². The quantitative estimate of drug-likeness (QED) is 0.178. The molecule has 5 nitrogen and oxygen atoms in total. The largest absolute Gasteiger partial charge is 2.00 e. The Balaban J connectivity index is 0.00000308. The fraction of sp³-hybridized carbons (Fsp3) is 0.121. The van der Waals surface area contributed by atoms with Crippen LogP contribution in [0.4, 0.5) is 0 Å². The molecule has 39 heavy (non-hydrogen) atoms. The molecule has 0 amide bonds. The summed E-state index contributed by atoms with van der Waals surface area (Å²) in [4.78, 5) is 9.14. The van der Waals surface area contributed by atoms with Crippen LogP contribution >= 0.6 is 0 Å². The van der Waals surface area contributed by atoms with Crippen LogP contribution in [0.2, 0.25) is 0 Å². The first kappa shape index (κ1) is 26.3. The van der Waals surface area contributed by atoms with Gasteiger partial charge in [0.15, 0.2) is 0 Å². The van der Waals surface area contributed by atoms with Crippen LogP contribution in [0.3, 0.4) is 0 Å². The summed E-state index contributed by atoms with van der Waals surface area (Å²) in [6.45, 7) is 6.56. The number of hydrogen-bond donors (Lipinski definition) is 0. The van der Waals surface area contributed by atoms with Crippen molar-refractivity contribution >= 4 is 21.8 Å². The summed E-state index contributed by atoms with van der Waals surface area (Å²) in [6, 6.07) is 34.4. The second-order valence-corrected chi connectivity index (χ2v) is 10.2. The van der Waals surface area contributed by atoms with Gasteiger partial charge in [0.25, 0.3) is 0 Å². The van der Waals surface area contributed by atoms with E-state index in [0.29, 0.717) is 17.1 Å². The van der Waals surface area contributed by atoms with Crippen molar-refractivity contribution in [3.8, 4) is 34.6 Å². The van der Waals surface area contributed by atoms with E-state index in [4.69, 9.17) is 9.72 Å². The molecule has 0 saturated heterocycles. The van der Waals surface area contributed by atoms with E-state index in [-0.39, 0.29) is 26.5 Å². The molecular formula is C33H24N4OPt. The third kappa shape index (κ3) is 5.09. The van der Waals surface area contributed by atoms with Crippen molar-refractivity contribution in [1.29, 1.82) is 5.26 Å². The molecule has 0 aliphatic carbocycles. The van der Waals surface area contributed by atoms with E-state index in [2.05, 4.69) is 54.6 Å². The molecule has 0 aliphatic rings. The van der Waals surface area contributed by atoms with E-state index in [1.165, 1.54) is 5.56 Å². The topological polar surface area (TPSA) is 63.7 Å². The number of ether oxygens (including phenoxy) is 1. The molecule has 0 bridgehead atoms. The van der Waals surface area contributed by atoms with E-state index in [1.807, 2.05) is 79.0 Å². The molecule has 3 aromatic carbocycles. The summed E-state index contributed by atoms with van der Waals surface area (Å²) in [6.07, 6.45) is 3.60. The Morgan fingerprint density at radius 3 is 2.44 bits per heavy atom. The number of aromatic nitrogens is 3. The monoisotopic (exact) mass is 687 g/mol. The van der Waals surface area contributed by atoms with Crippen LogP contribution in [0.25, 0.3) is 38.9 Å².